The van der Waals surface area contributed by atoms with Crippen LogP contribution in [0.1, 0.15) is 26.8 Å². The number of carbonyl (C=O) groups is 1. The molecule has 2 aromatic heterocycles. The molecule has 0 bridgehead atoms. The number of nitrogens with one attached hydrogen (secondary N) is 1. The van der Waals surface area contributed by atoms with Crippen molar-refractivity contribution in [3.8, 4) is 0 Å². The minimum atomic E-state index is -0.351. The predicted octanol–water partition coefficient (Wildman–Crippen LogP) is 5.23. The second-order valence-electron chi connectivity index (χ2n) is 6.13. The van der Waals surface area contributed by atoms with Crippen molar-refractivity contribution in [1.29, 1.82) is 0 Å². The van der Waals surface area contributed by atoms with Gasteiger partial charge in [0.15, 0.2) is 0 Å². The highest BCUT2D eigenvalue weighted by Crippen LogP contribution is 2.35. The molecular formula is C21H17FN2OS. The zero-order chi connectivity index (χ0) is 18.1. The summed E-state index contributed by atoms with van der Waals surface area (Å²) in [5, 5.41) is 3.09. The molecule has 0 aliphatic heterocycles. The molecule has 3 nitrogen and oxygen atoms in total. The molecule has 1 atom stereocenters. The van der Waals surface area contributed by atoms with Crippen molar-refractivity contribution in [2.45, 2.75) is 6.04 Å². The third-order valence-corrected chi connectivity index (χ3v) is 5.45. The summed E-state index contributed by atoms with van der Waals surface area (Å²) in [5.41, 5.74) is 2.54. The van der Waals surface area contributed by atoms with Gasteiger partial charge in [0.2, 0.25) is 0 Å². The van der Waals surface area contributed by atoms with Gasteiger partial charge in [-0.25, -0.2) is 4.39 Å². The summed E-state index contributed by atoms with van der Waals surface area (Å²) in [4.78, 5) is 19.1. The fraction of sp³-hybridized carbons (Fsp3) is 0.0952. The fourth-order valence-electron chi connectivity index (χ4n) is 3.23. The Morgan fingerprint density at radius 3 is 2.58 bits per heavy atom. The van der Waals surface area contributed by atoms with Crippen LogP contribution in [-0.4, -0.2) is 22.8 Å². The molecule has 0 fully saturated rings. The SMILES string of the molecule is CN(C(=O)c1ccc(F)cc1)C(c1cccs1)c1c[nH]c2ccccc12. The van der Waals surface area contributed by atoms with E-state index in [1.807, 2.05) is 41.9 Å². The number of carbonyl (C=O) groups excluding carboxylic acids is 1. The quantitative estimate of drug-likeness (QED) is 0.529. The molecule has 4 aromatic rings. The maximum absolute atomic E-state index is 13.2. The van der Waals surface area contributed by atoms with Crippen molar-refractivity contribution >= 4 is 28.1 Å². The lowest BCUT2D eigenvalue weighted by atomic mass is 10.0. The van der Waals surface area contributed by atoms with Crippen LogP contribution in [0, 0.1) is 5.82 Å². The maximum atomic E-state index is 13.2. The molecule has 130 valence electrons. The van der Waals surface area contributed by atoms with Gasteiger partial charge in [0.1, 0.15) is 5.82 Å². The standard InChI is InChI=1S/C21H17FN2OS/c1-24(21(25)14-8-10-15(22)11-9-14)20(19-7-4-12-26-19)17-13-23-18-6-3-2-5-16(17)18/h2-13,20,23H,1H3. The molecule has 0 spiro atoms. The highest BCUT2D eigenvalue weighted by molar-refractivity contribution is 7.10. The molecule has 5 heteroatoms. The van der Waals surface area contributed by atoms with Crippen LogP contribution in [0.5, 0.6) is 0 Å². The highest BCUT2D eigenvalue weighted by atomic mass is 32.1. The van der Waals surface area contributed by atoms with E-state index in [1.165, 1.54) is 24.3 Å². The van der Waals surface area contributed by atoms with Crippen molar-refractivity contribution in [2.75, 3.05) is 7.05 Å². The number of hydrogen-bond acceptors (Lipinski definition) is 2. The number of rotatable bonds is 4. The molecule has 26 heavy (non-hydrogen) atoms. The first-order chi connectivity index (χ1) is 12.6. The molecule has 0 aliphatic carbocycles. The summed E-state index contributed by atoms with van der Waals surface area (Å²) < 4.78 is 13.2. The molecule has 1 unspecified atom stereocenters. The van der Waals surface area contributed by atoms with Crippen LogP contribution < -0.4 is 0 Å². The average molecular weight is 364 g/mol. The van der Waals surface area contributed by atoms with E-state index in [2.05, 4.69) is 11.1 Å². The largest absolute Gasteiger partial charge is 0.361 e. The van der Waals surface area contributed by atoms with Crippen LogP contribution in [0.4, 0.5) is 4.39 Å². The number of amides is 1. The number of thiophene rings is 1. The smallest absolute Gasteiger partial charge is 0.254 e. The first kappa shape index (κ1) is 16.5. The van der Waals surface area contributed by atoms with E-state index in [-0.39, 0.29) is 17.8 Å². The number of aromatic nitrogens is 1. The number of nitrogens with zero attached hydrogens (tertiary/aromatic N) is 1. The normalized spacial score (nSPS) is 12.2. The number of hydrogen-bond donors (Lipinski definition) is 1. The van der Waals surface area contributed by atoms with E-state index < -0.39 is 0 Å². The third kappa shape index (κ3) is 2.91. The molecule has 0 saturated carbocycles. The van der Waals surface area contributed by atoms with E-state index in [4.69, 9.17) is 0 Å². The van der Waals surface area contributed by atoms with Gasteiger partial charge >= 0.3 is 0 Å². The molecule has 0 radical (unpaired) electrons. The highest BCUT2D eigenvalue weighted by Gasteiger charge is 2.27. The van der Waals surface area contributed by atoms with Crippen LogP contribution in [0.15, 0.2) is 72.2 Å². The van der Waals surface area contributed by atoms with E-state index >= 15 is 0 Å². The van der Waals surface area contributed by atoms with Gasteiger partial charge in [-0.15, -0.1) is 11.3 Å². The molecule has 2 aromatic carbocycles. The Morgan fingerprint density at radius 2 is 1.85 bits per heavy atom. The Bertz CT molecular complexity index is 1040. The van der Waals surface area contributed by atoms with Gasteiger partial charge in [-0.1, -0.05) is 24.3 Å². The van der Waals surface area contributed by atoms with E-state index in [0.717, 1.165) is 21.3 Å². The van der Waals surface area contributed by atoms with Gasteiger partial charge < -0.3 is 9.88 Å². The number of halogens is 1. The second kappa shape index (κ2) is 6.77. The van der Waals surface area contributed by atoms with E-state index in [1.54, 1.807) is 23.3 Å². The lowest BCUT2D eigenvalue weighted by Crippen LogP contribution is -2.31. The monoisotopic (exact) mass is 364 g/mol. The third-order valence-electron chi connectivity index (χ3n) is 4.53. The zero-order valence-electron chi connectivity index (χ0n) is 14.1. The summed E-state index contributed by atoms with van der Waals surface area (Å²) >= 11 is 1.61. The van der Waals surface area contributed by atoms with Gasteiger partial charge in [-0.05, 0) is 41.8 Å². The Balaban J connectivity index is 1.79. The van der Waals surface area contributed by atoms with Crippen LogP contribution >= 0.6 is 11.3 Å². The van der Waals surface area contributed by atoms with Crippen LogP contribution in [0.2, 0.25) is 0 Å². The fourth-order valence-corrected chi connectivity index (χ4v) is 4.12. The molecule has 1 amide bonds. The van der Waals surface area contributed by atoms with E-state index in [0.29, 0.717) is 5.56 Å². The number of fused-ring (bicyclic) bond motifs is 1. The number of benzene rings is 2. The topological polar surface area (TPSA) is 36.1 Å². The lowest BCUT2D eigenvalue weighted by molar-refractivity contribution is 0.0758. The van der Waals surface area contributed by atoms with Crippen LogP contribution in [0.3, 0.4) is 0 Å². The summed E-state index contributed by atoms with van der Waals surface area (Å²) in [6.07, 6.45) is 1.96. The van der Waals surface area contributed by atoms with Crippen LogP contribution in [-0.2, 0) is 0 Å². The summed E-state index contributed by atoms with van der Waals surface area (Å²) in [5.74, 6) is -0.496. The summed E-state index contributed by atoms with van der Waals surface area (Å²) in [6.45, 7) is 0. The van der Waals surface area contributed by atoms with Crippen LogP contribution in [0.25, 0.3) is 10.9 Å². The van der Waals surface area contributed by atoms with Crippen molar-refractivity contribution in [3.05, 3.63) is 94.1 Å². The summed E-state index contributed by atoms with van der Waals surface area (Å²) in [6, 6.07) is 17.5. The Morgan fingerprint density at radius 1 is 1.08 bits per heavy atom. The first-order valence-corrected chi connectivity index (χ1v) is 9.15. The van der Waals surface area contributed by atoms with Gasteiger partial charge in [0, 0.05) is 40.2 Å². The van der Waals surface area contributed by atoms with Crippen molar-refractivity contribution < 1.29 is 9.18 Å². The molecule has 0 aliphatic rings. The zero-order valence-corrected chi connectivity index (χ0v) is 15.0. The molecular weight excluding hydrogens is 347 g/mol. The summed E-state index contributed by atoms with van der Waals surface area (Å²) in [7, 11) is 1.79. The molecule has 2 heterocycles. The van der Waals surface area contributed by atoms with Gasteiger partial charge in [-0.2, -0.15) is 0 Å². The Labute approximate surface area is 154 Å². The van der Waals surface area contributed by atoms with Crippen molar-refractivity contribution in [1.82, 2.24) is 9.88 Å². The minimum Gasteiger partial charge on any atom is -0.361 e. The van der Waals surface area contributed by atoms with Gasteiger partial charge in [-0.3, -0.25) is 4.79 Å². The maximum Gasteiger partial charge on any atom is 0.254 e. The minimum absolute atomic E-state index is 0.145. The molecule has 1 N–H and O–H groups in total. The number of aromatic amines is 1. The molecule has 4 rings (SSSR count). The van der Waals surface area contributed by atoms with Crippen molar-refractivity contribution in [2.24, 2.45) is 0 Å². The Hall–Kier alpha value is -2.92. The first-order valence-electron chi connectivity index (χ1n) is 8.27. The van der Waals surface area contributed by atoms with Gasteiger partial charge in [0.05, 0.1) is 6.04 Å². The Kier molecular flexibility index (Phi) is 4.31. The van der Waals surface area contributed by atoms with E-state index in [9.17, 15) is 9.18 Å². The second-order valence-corrected chi connectivity index (χ2v) is 7.11. The lowest BCUT2D eigenvalue weighted by Gasteiger charge is -2.27. The van der Waals surface area contributed by atoms with Crippen molar-refractivity contribution in [3.63, 3.8) is 0 Å². The van der Waals surface area contributed by atoms with Gasteiger partial charge in [0.25, 0.3) is 5.91 Å². The predicted molar refractivity (Wildman–Crippen MR) is 103 cm³/mol. The number of para-hydroxylation sites is 1. The number of H-pyrrole nitrogens is 1. The molecule has 0 saturated heterocycles. The average Bonchev–Trinajstić information content (AvgIpc) is 3.33.